The van der Waals surface area contributed by atoms with Crippen LogP contribution in [0.3, 0.4) is 0 Å². The highest BCUT2D eigenvalue weighted by Gasteiger charge is 2.47. The molecular formula is C11H8Cl2F5NO2. The van der Waals surface area contributed by atoms with Crippen LogP contribution in [0.1, 0.15) is 17.2 Å². The van der Waals surface area contributed by atoms with E-state index in [1.165, 1.54) is 0 Å². The normalized spacial score (nSPS) is 21.0. The van der Waals surface area contributed by atoms with Gasteiger partial charge in [-0.05, 0) is 23.8 Å². The molecular weight excluding hydrogens is 344 g/mol. The van der Waals surface area contributed by atoms with Crippen molar-refractivity contribution in [2.45, 2.75) is 18.1 Å². The predicted molar refractivity (Wildman–Crippen MR) is 65.9 cm³/mol. The Morgan fingerprint density at radius 3 is 2.48 bits per heavy atom. The average molecular weight is 352 g/mol. The molecule has 1 fully saturated rings. The number of carbonyl (C=O) groups excluding carboxylic acids is 1. The van der Waals surface area contributed by atoms with Crippen molar-refractivity contribution in [1.29, 1.82) is 0 Å². The fourth-order valence-corrected chi connectivity index (χ4v) is 2.02. The van der Waals surface area contributed by atoms with Crippen molar-refractivity contribution in [3.05, 3.63) is 34.3 Å². The number of cyclic esters (lactones) is 1. The Balaban J connectivity index is 0.00000220. The molecule has 0 aromatic heterocycles. The van der Waals surface area contributed by atoms with Crippen molar-refractivity contribution in [1.82, 2.24) is 5.32 Å². The number of amides is 1. The molecule has 1 aromatic carbocycles. The van der Waals surface area contributed by atoms with E-state index in [9.17, 15) is 26.7 Å². The summed E-state index contributed by atoms with van der Waals surface area (Å²) in [6.45, 7) is -1.21. The van der Waals surface area contributed by atoms with Crippen LogP contribution in [0.2, 0.25) is 5.02 Å². The molecule has 1 N–H and O–H groups in total. The van der Waals surface area contributed by atoms with E-state index in [-0.39, 0.29) is 17.4 Å². The lowest BCUT2D eigenvalue weighted by atomic mass is 9.98. The topological polar surface area (TPSA) is 38.3 Å². The van der Waals surface area contributed by atoms with E-state index in [1.807, 2.05) is 0 Å². The molecule has 0 bridgehead atoms. The van der Waals surface area contributed by atoms with E-state index >= 15 is 0 Å². The monoisotopic (exact) mass is 351 g/mol. The largest absolute Gasteiger partial charge is 0.443 e. The number of carbonyl (C=O) groups is 1. The number of halogens is 7. The molecule has 3 nitrogen and oxygen atoms in total. The van der Waals surface area contributed by atoms with Gasteiger partial charge in [0, 0.05) is 5.02 Å². The van der Waals surface area contributed by atoms with Crippen LogP contribution in [-0.4, -0.2) is 18.6 Å². The second kappa shape index (κ2) is 5.84. The van der Waals surface area contributed by atoms with Gasteiger partial charge < -0.3 is 10.1 Å². The maximum absolute atomic E-state index is 13.6. The molecule has 0 radical (unpaired) electrons. The fourth-order valence-electron chi connectivity index (χ4n) is 1.78. The van der Waals surface area contributed by atoms with Crippen LogP contribution in [0, 0.1) is 0 Å². The molecule has 1 aromatic rings. The first-order chi connectivity index (χ1) is 9.09. The highest BCUT2D eigenvalue weighted by Crippen LogP contribution is 2.38. The third-order valence-electron chi connectivity index (χ3n) is 2.66. The van der Waals surface area contributed by atoms with Crippen molar-refractivity contribution >= 4 is 30.1 Å². The number of alkyl carbamates (subject to hydrolysis) is 1. The minimum absolute atomic E-state index is 0. The van der Waals surface area contributed by atoms with Crippen molar-refractivity contribution in [2.24, 2.45) is 0 Å². The van der Waals surface area contributed by atoms with Gasteiger partial charge in [0.25, 0.3) is 0 Å². The fraction of sp³-hybridized carbons (Fsp3) is 0.364. The molecule has 2 rings (SSSR count). The van der Waals surface area contributed by atoms with E-state index in [0.717, 1.165) is 6.07 Å². The van der Waals surface area contributed by atoms with Gasteiger partial charge in [-0.15, -0.1) is 12.4 Å². The van der Waals surface area contributed by atoms with Gasteiger partial charge in [-0.3, -0.25) is 0 Å². The van der Waals surface area contributed by atoms with Crippen molar-refractivity contribution in [3.8, 4) is 0 Å². The third-order valence-corrected chi connectivity index (χ3v) is 2.88. The van der Waals surface area contributed by atoms with E-state index < -0.39 is 42.0 Å². The summed E-state index contributed by atoms with van der Waals surface area (Å²) in [5.41, 5.74) is -1.61. The first-order valence-electron chi connectivity index (χ1n) is 5.28. The Morgan fingerprint density at radius 1 is 1.29 bits per heavy atom. The minimum atomic E-state index is -4.73. The maximum Gasteiger partial charge on any atom is 0.416 e. The molecule has 21 heavy (non-hydrogen) atoms. The summed E-state index contributed by atoms with van der Waals surface area (Å²) in [5.74, 6) is -3.54. The average Bonchev–Trinajstić information content (AvgIpc) is 2.30. The molecule has 0 saturated carbocycles. The van der Waals surface area contributed by atoms with Gasteiger partial charge in [0.1, 0.15) is 6.04 Å². The van der Waals surface area contributed by atoms with Crippen LogP contribution >= 0.6 is 24.0 Å². The SMILES string of the molecule is Cl.O=C1N[C@@H](c2cc(Cl)cc(C(F)(F)F)c2)C(F)(F)CO1. The molecule has 1 saturated heterocycles. The van der Waals surface area contributed by atoms with Gasteiger partial charge in [0.05, 0.1) is 5.56 Å². The van der Waals surface area contributed by atoms with Crippen LogP contribution in [-0.2, 0) is 10.9 Å². The van der Waals surface area contributed by atoms with Crippen LogP contribution < -0.4 is 5.32 Å². The molecule has 10 heteroatoms. The minimum Gasteiger partial charge on any atom is -0.443 e. The second-order valence-electron chi connectivity index (χ2n) is 4.19. The summed E-state index contributed by atoms with van der Waals surface area (Å²) < 4.78 is 69.2. The summed E-state index contributed by atoms with van der Waals surface area (Å²) in [4.78, 5) is 11.0. The Bertz CT molecular complexity index is 550. The molecule has 0 unspecified atom stereocenters. The molecule has 0 aliphatic carbocycles. The number of hydrogen-bond acceptors (Lipinski definition) is 2. The quantitative estimate of drug-likeness (QED) is 0.770. The smallest absolute Gasteiger partial charge is 0.416 e. The van der Waals surface area contributed by atoms with Gasteiger partial charge in [-0.1, -0.05) is 11.6 Å². The third kappa shape index (κ3) is 3.88. The Labute approximate surface area is 126 Å². The lowest BCUT2D eigenvalue weighted by molar-refractivity contribution is -0.138. The summed E-state index contributed by atoms with van der Waals surface area (Å²) >= 11 is 5.52. The van der Waals surface area contributed by atoms with E-state index in [0.29, 0.717) is 12.1 Å². The van der Waals surface area contributed by atoms with Gasteiger partial charge in [0.15, 0.2) is 6.61 Å². The zero-order valence-corrected chi connectivity index (χ0v) is 11.6. The molecule has 118 valence electrons. The number of alkyl halides is 5. The van der Waals surface area contributed by atoms with Crippen LogP contribution in [0.15, 0.2) is 18.2 Å². The van der Waals surface area contributed by atoms with Crippen LogP contribution in [0.4, 0.5) is 26.7 Å². The highest BCUT2D eigenvalue weighted by molar-refractivity contribution is 6.30. The standard InChI is InChI=1S/C11H7ClF5NO2.ClH/c12-7-2-5(1-6(3-7)11(15,16)17)8-10(13,14)4-20-9(19)18-8;/h1-3,8H,4H2,(H,18,19);1H/t8-;/m0./s1. The lowest BCUT2D eigenvalue weighted by Gasteiger charge is -2.32. The van der Waals surface area contributed by atoms with Gasteiger partial charge >= 0.3 is 18.2 Å². The van der Waals surface area contributed by atoms with Crippen molar-refractivity contribution in [3.63, 3.8) is 0 Å². The number of nitrogens with one attached hydrogen (secondary N) is 1. The summed E-state index contributed by atoms with van der Waals surface area (Å²) in [6, 6.07) is 0.157. The Hall–Kier alpha value is -1.28. The van der Waals surface area contributed by atoms with Crippen LogP contribution in [0.25, 0.3) is 0 Å². The Kier molecular flexibility index (Phi) is 4.94. The Morgan fingerprint density at radius 2 is 1.90 bits per heavy atom. The molecule has 1 atom stereocenters. The van der Waals surface area contributed by atoms with Gasteiger partial charge in [-0.2, -0.15) is 13.2 Å². The van der Waals surface area contributed by atoms with E-state index in [2.05, 4.69) is 4.74 Å². The summed E-state index contributed by atoms with van der Waals surface area (Å²) in [6.07, 6.45) is -5.86. The van der Waals surface area contributed by atoms with Gasteiger partial charge in [0.2, 0.25) is 0 Å². The maximum atomic E-state index is 13.6. The predicted octanol–water partition coefficient (Wildman–Crippen LogP) is 4.20. The number of rotatable bonds is 1. The number of benzene rings is 1. The molecule has 1 amide bonds. The van der Waals surface area contributed by atoms with E-state index in [1.54, 1.807) is 5.32 Å². The summed E-state index contributed by atoms with van der Waals surface area (Å²) in [5, 5.41) is 1.44. The lowest BCUT2D eigenvalue weighted by Crippen LogP contribution is -2.49. The zero-order chi connectivity index (χ0) is 15.1. The first kappa shape index (κ1) is 17.8. The molecule has 0 spiro atoms. The number of hydrogen-bond donors (Lipinski definition) is 1. The van der Waals surface area contributed by atoms with Gasteiger partial charge in [-0.25, -0.2) is 13.6 Å². The highest BCUT2D eigenvalue weighted by atomic mass is 35.5. The molecule has 1 aliphatic rings. The molecule has 1 heterocycles. The van der Waals surface area contributed by atoms with Crippen molar-refractivity contribution in [2.75, 3.05) is 6.61 Å². The molecule has 1 aliphatic heterocycles. The van der Waals surface area contributed by atoms with Crippen LogP contribution in [0.5, 0.6) is 0 Å². The zero-order valence-electron chi connectivity index (χ0n) is 10.0. The van der Waals surface area contributed by atoms with Crippen molar-refractivity contribution < 1.29 is 31.5 Å². The van der Waals surface area contributed by atoms with E-state index in [4.69, 9.17) is 11.6 Å². The second-order valence-corrected chi connectivity index (χ2v) is 4.62. The number of ether oxygens (including phenoxy) is 1. The summed E-state index contributed by atoms with van der Waals surface area (Å²) in [7, 11) is 0. The first-order valence-corrected chi connectivity index (χ1v) is 5.66.